The molecular formula is C30H50ClN3O3. The number of nitrogens with one attached hydrogen (secondary N) is 2. The number of likely N-dealkylation sites (N-methyl/N-ethyl adjacent to an activating group) is 1. The average Bonchev–Trinajstić information content (AvgIpc) is 2.91. The Kier molecular flexibility index (Phi) is 13.0. The monoisotopic (exact) mass is 535 g/mol. The molecule has 2 N–H and O–H groups in total. The average molecular weight is 536 g/mol. The van der Waals surface area contributed by atoms with E-state index < -0.39 is 5.60 Å². The van der Waals surface area contributed by atoms with Crippen LogP contribution in [0.3, 0.4) is 0 Å². The zero-order valence-corrected chi connectivity index (χ0v) is 24.2. The molecule has 1 unspecified atom stereocenters. The van der Waals surface area contributed by atoms with Gasteiger partial charge in [0.2, 0.25) is 0 Å². The Labute approximate surface area is 230 Å². The second-order valence-corrected chi connectivity index (χ2v) is 11.4. The van der Waals surface area contributed by atoms with Gasteiger partial charge >= 0.3 is 6.03 Å². The van der Waals surface area contributed by atoms with Gasteiger partial charge in [-0.05, 0) is 76.1 Å². The van der Waals surface area contributed by atoms with E-state index in [1.807, 2.05) is 24.1 Å². The summed E-state index contributed by atoms with van der Waals surface area (Å²) < 4.78 is 12.0. The van der Waals surface area contributed by atoms with Gasteiger partial charge in [-0.25, -0.2) is 4.79 Å². The highest BCUT2D eigenvalue weighted by atomic mass is 35.5. The van der Waals surface area contributed by atoms with Gasteiger partial charge in [0.1, 0.15) is 0 Å². The van der Waals surface area contributed by atoms with Crippen LogP contribution in [-0.2, 0) is 15.1 Å². The third kappa shape index (κ3) is 8.84. The fourth-order valence-corrected chi connectivity index (χ4v) is 6.76. The maximum atomic E-state index is 13.6. The normalized spacial score (nSPS) is 21.4. The summed E-state index contributed by atoms with van der Waals surface area (Å²) in [6.07, 6.45) is 12.5. The van der Waals surface area contributed by atoms with Crippen molar-refractivity contribution >= 4 is 17.6 Å². The molecule has 2 fully saturated rings. The molecule has 3 rings (SSSR count). The molecule has 1 saturated carbocycles. The van der Waals surface area contributed by atoms with E-state index in [1.54, 1.807) is 7.11 Å². The number of halogens is 1. The van der Waals surface area contributed by atoms with Crippen molar-refractivity contribution in [1.29, 1.82) is 0 Å². The summed E-state index contributed by atoms with van der Waals surface area (Å²) in [5.74, 6) is 0.927. The number of nitrogens with zero attached hydrogens (tertiary/aromatic N) is 1. The molecule has 7 heteroatoms. The van der Waals surface area contributed by atoms with E-state index >= 15 is 0 Å². The standard InChI is InChI=1S/C30H50ClN3O3/c1-4-37-30(17-8-9-19-36-3,25-14-10-16-27(31)21-25)26-15-11-18-34(23-26)29(35)33-28(22-32-2)20-24-12-6-5-7-13-24/h10,14,16,21,24,26,28,32H,4-9,11-13,15,17-20,22-23H2,1-3H3,(H,33,35)/t26-,28?,30-/m1/s1. The third-order valence-electron chi connectivity index (χ3n) is 8.35. The van der Waals surface area contributed by atoms with Crippen molar-refractivity contribution in [2.45, 2.75) is 89.2 Å². The number of likely N-dealkylation sites (tertiary alicyclic amines) is 1. The molecule has 210 valence electrons. The van der Waals surface area contributed by atoms with Gasteiger partial charge in [0.15, 0.2) is 0 Å². The number of rotatable bonds is 14. The van der Waals surface area contributed by atoms with Crippen LogP contribution < -0.4 is 10.6 Å². The molecule has 0 spiro atoms. The fourth-order valence-electron chi connectivity index (χ4n) is 6.57. The van der Waals surface area contributed by atoms with E-state index in [-0.39, 0.29) is 18.0 Å². The second-order valence-electron chi connectivity index (χ2n) is 11.0. The summed E-state index contributed by atoms with van der Waals surface area (Å²) in [5.41, 5.74) is 0.649. The molecule has 2 amide bonds. The number of hydrogen-bond acceptors (Lipinski definition) is 4. The molecule has 6 nitrogen and oxygen atoms in total. The van der Waals surface area contributed by atoms with Crippen LogP contribution in [0.25, 0.3) is 0 Å². The molecule has 37 heavy (non-hydrogen) atoms. The van der Waals surface area contributed by atoms with Crippen molar-refractivity contribution < 1.29 is 14.3 Å². The van der Waals surface area contributed by atoms with Crippen LogP contribution in [0.4, 0.5) is 4.79 Å². The molecule has 0 aromatic heterocycles. The number of methoxy groups -OCH3 is 1. The number of hydrogen-bond donors (Lipinski definition) is 2. The number of carbonyl (C=O) groups is 1. The van der Waals surface area contributed by atoms with Crippen molar-refractivity contribution in [1.82, 2.24) is 15.5 Å². The maximum Gasteiger partial charge on any atom is 0.317 e. The van der Waals surface area contributed by atoms with E-state index in [2.05, 4.69) is 29.7 Å². The van der Waals surface area contributed by atoms with Crippen molar-refractivity contribution in [2.24, 2.45) is 11.8 Å². The lowest BCUT2D eigenvalue weighted by molar-refractivity contribution is -0.110. The highest BCUT2D eigenvalue weighted by Crippen LogP contribution is 2.43. The summed E-state index contributed by atoms with van der Waals surface area (Å²) >= 11 is 6.46. The van der Waals surface area contributed by atoms with Crippen LogP contribution in [0.1, 0.15) is 83.1 Å². The Morgan fingerprint density at radius 2 is 2.00 bits per heavy atom. The molecular weight excluding hydrogens is 486 g/mol. The molecule has 1 aliphatic carbocycles. The minimum atomic E-state index is -0.473. The molecule has 1 aliphatic heterocycles. The van der Waals surface area contributed by atoms with Crippen molar-refractivity contribution in [3.63, 3.8) is 0 Å². The number of urea groups is 1. The van der Waals surface area contributed by atoms with Gasteiger partial charge in [0.25, 0.3) is 0 Å². The number of carbonyl (C=O) groups excluding carboxylic acids is 1. The number of ether oxygens (including phenoxy) is 2. The summed E-state index contributed by atoms with van der Waals surface area (Å²) in [6.45, 7) is 5.72. The van der Waals surface area contributed by atoms with Crippen LogP contribution >= 0.6 is 11.6 Å². The topological polar surface area (TPSA) is 62.8 Å². The Hall–Kier alpha value is -1.34. The smallest absolute Gasteiger partial charge is 0.317 e. The summed E-state index contributed by atoms with van der Waals surface area (Å²) in [4.78, 5) is 15.6. The summed E-state index contributed by atoms with van der Waals surface area (Å²) in [5, 5.41) is 7.42. The lowest BCUT2D eigenvalue weighted by atomic mass is 9.73. The first kappa shape index (κ1) is 30.2. The SMILES string of the molecule is CCO[C@](CCCCOC)(c1cccc(Cl)c1)[C@@H]1CCCN(C(=O)NC(CNC)CC2CCCCC2)C1. The zero-order chi connectivity index (χ0) is 26.5. The van der Waals surface area contributed by atoms with E-state index in [0.717, 1.165) is 74.7 Å². The van der Waals surface area contributed by atoms with Crippen molar-refractivity contribution in [3.8, 4) is 0 Å². The predicted octanol–water partition coefficient (Wildman–Crippen LogP) is 6.37. The van der Waals surface area contributed by atoms with Crippen molar-refractivity contribution in [2.75, 3.05) is 47.0 Å². The minimum Gasteiger partial charge on any atom is -0.385 e. The first-order valence-corrected chi connectivity index (χ1v) is 15.0. The third-order valence-corrected chi connectivity index (χ3v) is 8.59. The highest BCUT2D eigenvalue weighted by molar-refractivity contribution is 6.30. The highest BCUT2D eigenvalue weighted by Gasteiger charge is 2.43. The second kappa shape index (κ2) is 15.9. The largest absolute Gasteiger partial charge is 0.385 e. The fraction of sp³-hybridized carbons (Fsp3) is 0.767. The molecule has 0 bridgehead atoms. The van der Waals surface area contributed by atoms with E-state index in [4.69, 9.17) is 21.1 Å². The van der Waals surface area contributed by atoms with Crippen LogP contribution in [0.2, 0.25) is 5.02 Å². The molecule has 1 saturated heterocycles. The predicted molar refractivity (Wildman–Crippen MR) is 152 cm³/mol. The van der Waals surface area contributed by atoms with Crippen LogP contribution in [-0.4, -0.2) is 64.0 Å². The number of unbranched alkanes of at least 4 members (excludes halogenated alkanes) is 1. The zero-order valence-electron chi connectivity index (χ0n) is 23.4. The number of piperidine rings is 1. The van der Waals surface area contributed by atoms with Gasteiger partial charge in [0.05, 0.1) is 5.60 Å². The summed E-state index contributed by atoms with van der Waals surface area (Å²) in [7, 11) is 3.72. The van der Waals surface area contributed by atoms with Gasteiger partial charge in [-0.3, -0.25) is 0 Å². The Balaban J connectivity index is 1.75. The van der Waals surface area contributed by atoms with Gasteiger partial charge in [0, 0.05) is 56.9 Å². The first-order valence-electron chi connectivity index (χ1n) is 14.6. The van der Waals surface area contributed by atoms with E-state index in [9.17, 15) is 4.79 Å². The lowest BCUT2D eigenvalue weighted by Crippen LogP contribution is -2.54. The minimum absolute atomic E-state index is 0.0663. The lowest BCUT2D eigenvalue weighted by Gasteiger charge is -2.46. The molecule has 1 aromatic rings. The van der Waals surface area contributed by atoms with Crippen LogP contribution in [0.15, 0.2) is 24.3 Å². The molecule has 2 aliphatic rings. The molecule has 3 atom stereocenters. The Bertz CT molecular complexity index is 804. The van der Waals surface area contributed by atoms with Gasteiger partial charge in [-0.2, -0.15) is 0 Å². The Morgan fingerprint density at radius 3 is 2.70 bits per heavy atom. The molecule has 1 heterocycles. The Morgan fingerprint density at radius 1 is 1.19 bits per heavy atom. The van der Waals surface area contributed by atoms with Gasteiger partial charge in [-0.15, -0.1) is 0 Å². The van der Waals surface area contributed by atoms with Crippen molar-refractivity contribution in [3.05, 3.63) is 34.9 Å². The number of benzene rings is 1. The van der Waals surface area contributed by atoms with Gasteiger partial charge in [-0.1, -0.05) is 55.8 Å². The summed E-state index contributed by atoms with van der Waals surface area (Å²) in [6, 6.07) is 8.36. The van der Waals surface area contributed by atoms with E-state index in [1.165, 1.54) is 32.1 Å². The van der Waals surface area contributed by atoms with Crippen LogP contribution in [0, 0.1) is 11.8 Å². The van der Waals surface area contributed by atoms with Gasteiger partial charge < -0.3 is 25.0 Å². The first-order chi connectivity index (χ1) is 18.0. The number of amides is 2. The quantitative estimate of drug-likeness (QED) is 0.272. The maximum absolute atomic E-state index is 13.6. The molecule has 1 aromatic carbocycles. The van der Waals surface area contributed by atoms with E-state index in [0.29, 0.717) is 13.2 Å². The molecule has 0 radical (unpaired) electrons. The van der Waals surface area contributed by atoms with Crippen LogP contribution in [0.5, 0.6) is 0 Å².